The molecule has 0 amide bonds. The molecule has 0 bridgehead atoms. The number of sulfonamides is 1. The second kappa shape index (κ2) is 6.69. The molecular weight excluding hydrogens is 286 g/mol. The molecule has 2 rings (SSSR count). The molecule has 1 aromatic carbocycles. The molecule has 0 aliphatic heterocycles. The smallest absolute Gasteiger partial charge is 0.243 e. The lowest BCUT2D eigenvalue weighted by atomic mass is 10.3. The Bertz CT molecular complexity index is 670. The highest BCUT2D eigenvalue weighted by molar-refractivity contribution is 7.89. The Balaban J connectivity index is 2.16. The summed E-state index contributed by atoms with van der Waals surface area (Å²) in [7, 11) is -1.92. The fraction of sp³-hybridized carbons (Fsp3) is 0.267. The van der Waals surface area contributed by atoms with Crippen molar-refractivity contribution in [3.05, 3.63) is 54.4 Å². The highest BCUT2D eigenvalue weighted by atomic mass is 32.2. The summed E-state index contributed by atoms with van der Waals surface area (Å²) in [5.74, 6) is 0. The molecule has 0 fully saturated rings. The topological polar surface area (TPSA) is 62.3 Å². The number of nitrogens with zero attached hydrogens (tertiary/aromatic N) is 2. The lowest BCUT2D eigenvalue weighted by Crippen LogP contribution is -2.26. The normalized spacial score (nSPS) is 11.6. The van der Waals surface area contributed by atoms with Crippen molar-refractivity contribution in [1.82, 2.24) is 9.29 Å². The monoisotopic (exact) mass is 305 g/mol. The van der Waals surface area contributed by atoms with Crippen molar-refractivity contribution in [2.45, 2.75) is 18.4 Å². The average Bonchev–Trinajstić information content (AvgIpc) is 2.49. The Morgan fingerprint density at radius 1 is 1.19 bits per heavy atom. The molecule has 0 aliphatic rings. The van der Waals surface area contributed by atoms with E-state index in [2.05, 4.69) is 10.3 Å². The molecule has 0 saturated carbocycles. The fourth-order valence-corrected chi connectivity index (χ4v) is 3.12. The van der Waals surface area contributed by atoms with Crippen LogP contribution < -0.4 is 5.32 Å². The summed E-state index contributed by atoms with van der Waals surface area (Å²) < 4.78 is 26.3. The van der Waals surface area contributed by atoms with Crippen molar-refractivity contribution in [3.63, 3.8) is 0 Å². The van der Waals surface area contributed by atoms with Crippen molar-refractivity contribution in [2.75, 3.05) is 18.9 Å². The maximum atomic E-state index is 12.5. The molecule has 0 saturated heterocycles. The van der Waals surface area contributed by atoms with Gasteiger partial charge in [-0.1, -0.05) is 6.07 Å². The zero-order valence-corrected chi connectivity index (χ0v) is 13.0. The summed E-state index contributed by atoms with van der Waals surface area (Å²) in [5.41, 5.74) is 1.76. The van der Waals surface area contributed by atoms with Crippen molar-refractivity contribution in [1.29, 1.82) is 0 Å². The van der Waals surface area contributed by atoms with Crippen molar-refractivity contribution in [3.8, 4) is 0 Å². The van der Waals surface area contributed by atoms with Gasteiger partial charge in [-0.05, 0) is 42.8 Å². The maximum Gasteiger partial charge on any atom is 0.243 e. The van der Waals surface area contributed by atoms with E-state index in [-0.39, 0.29) is 4.90 Å². The number of anilines is 1. The lowest BCUT2D eigenvalue weighted by molar-refractivity contribution is 0.466. The summed E-state index contributed by atoms with van der Waals surface area (Å²) in [4.78, 5) is 4.28. The highest BCUT2D eigenvalue weighted by Crippen LogP contribution is 2.18. The maximum absolute atomic E-state index is 12.5. The number of hydrogen-bond donors (Lipinski definition) is 1. The minimum Gasteiger partial charge on any atom is -0.385 e. The van der Waals surface area contributed by atoms with E-state index in [1.807, 2.05) is 13.0 Å². The van der Waals surface area contributed by atoms with E-state index in [1.54, 1.807) is 49.8 Å². The molecule has 0 aliphatic carbocycles. The molecule has 5 nitrogen and oxygen atoms in total. The first-order valence-corrected chi connectivity index (χ1v) is 8.17. The Hall–Kier alpha value is -1.92. The van der Waals surface area contributed by atoms with Crippen LogP contribution in [0, 0.1) is 0 Å². The highest BCUT2D eigenvalue weighted by Gasteiger charge is 2.20. The zero-order chi connectivity index (χ0) is 15.3. The third-order valence-electron chi connectivity index (χ3n) is 3.07. The van der Waals surface area contributed by atoms with Gasteiger partial charge in [0.25, 0.3) is 0 Å². The summed E-state index contributed by atoms with van der Waals surface area (Å²) in [6.07, 6.45) is 3.33. The van der Waals surface area contributed by atoms with E-state index in [0.29, 0.717) is 6.54 Å². The van der Waals surface area contributed by atoms with Crippen LogP contribution in [-0.4, -0.2) is 31.3 Å². The molecule has 21 heavy (non-hydrogen) atoms. The Labute approximate surface area is 125 Å². The average molecular weight is 305 g/mol. The van der Waals surface area contributed by atoms with Gasteiger partial charge >= 0.3 is 0 Å². The van der Waals surface area contributed by atoms with Crippen LogP contribution in [0.25, 0.3) is 0 Å². The van der Waals surface area contributed by atoms with Gasteiger partial charge in [0, 0.05) is 38.2 Å². The lowest BCUT2D eigenvalue weighted by Gasteiger charge is -2.17. The van der Waals surface area contributed by atoms with Crippen LogP contribution >= 0.6 is 0 Å². The van der Waals surface area contributed by atoms with Gasteiger partial charge in [-0.3, -0.25) is 4.98 Å². The van der Waals surface area contributed by atoms with Crippen LogP contribution in [0.1, 0.15) is 12.5 Å². The summed E-state index contributed by atoms with van der Waals surface area (Å²) in [5, 5.41) is 3.14. The Kier molecular flexibility index (Phi) is 4.93. The molecule has 112 valence electrons. The predicted molar refractivity (Wildman–Crippen MR) is 83.5 cm³/mol. The fourth-order valence-electron chi connectivity index (χ4n) is 1.96. The van der Waals surface area contributed by atoms with Gasteiger partial charge in [-0.15, -0.1) is 0 Å². The number of nitrogens with one attached hydrogen (secondary N) is 1. The van der Waals surface area contributed by atoms with E-state index in [9.17, 15) is 8.42 Å². The minimum atomic E-state index is -3.49. The first-order valence-electron chi connectivity index (χ1n) is 6.73. The number of benzene rings is 1. The summed E-state index contributed by atoms with van der Waals surface area (Å²) in [6.45, 7) is 3.09. The van der Waals surface area contributed by atoms with Crippen LogP contribution in [0.15, 0.2) is 53.7 Å². The minimum absolute atomic E-state index is 0.288. The number of hydrogen-bond acceptors (Lipinski definition) is 4. The molecule has 1 heterocycles. The first kappa shape index (κ1) is 15.5. The van der Waals surface area contributed by atoms with Gasteiger partial charge in [-0.2, -0.15) is 4.31 Å². The van der Waals surface area contributed by atoms with E-state index >= 15 is 0 Å². The van der Waals surface area contributed by atoms with Gasteiger partial charge < -0.3 is 5.32 Å². The second-order valence-corrected chi connectivity index (χ2v) is 6.72. The largest absolute Gasteiger partial charge is 0.385 e. The standard InChI is InChI=1S/C15H19N3O2S/c1-3-17-14-6-8-15(9-7-14)21(19,20)18(2)12-13-5-4-10-16-11-13/h4-11,17H,3,12H2,1-2H3. The Morgan fingerprint density at radius 3 is 2.48 bits per heavy atom. The third-order valence-corrected chi connectivity index (χ3v) is 4.89. The van der Waals surface area contributed by atoms with Crippen LogP contribution in [0.3, 0.4) is 0 Å². The predicted octanol–water partition coefficient (Wildman–Crippen LogP) is 2.33. The SMILES string of the molecule is CCNc1ccc(S(=O)(=O)N(C)Cc2cccnc2)cc1. The van der Waals surface area contributed by atoms with Gasteiger partial charge in [-0.25, -0.2) is 8.42 Å². The van der Waals surface area contributed by atoms with E-state index in [1.165, 1.54) is 4.31 Å². The van der Waals surface area contributed by atoms with Crippen LogP contribution in [-0.2, 0) is 16.6 Å². The first-order chi connectivity index (χ1) is 10.0. The number of pyridine rings is 1. The molecule has 0 radical (unpaired) electrons. The molecule has 2 aromatic rings. The molecule has 6 heteroatoms. The van der Waals surface area contributed by atoms with Crippen molar-refractivity contribution >= 4 is 15.7 Å². The second-order valence-electron chi connectivity index (χ2n) is 4.68. The van der Waals surface area contributed by atoms with Crippen LogP contribution in [0.4, 0.5) is 5.69 Å². The van der Waals surface area contributed by atoms with Gasteiger partial charge in [0.1, 0.15) is 0 Å². The zero-order valence-electron chi connectivity index (χ0n) is 12.2. The molecule has 1 N–H and O–H groups in total. The van der Waals surface area contributed by atoms with Gasteiger partial charge in [0.2, 0.25) is 10.0 Å². The van der Waals surface area contributed by atoms with Crippen LogP contribution in [0.5, 0.6) is 0 Å². The quantitative estimate of drug-likeness (QED) is 0.890. The summed E-state index contributed by atoms with van der Waals surface area (Å²) >= 11 is 0. The Morgan fingerprint density at radius 2 is 1.90 bits per heavy atom. The van der Waals surface area contributed by atoms with Crippen LogP contribution in [0.2, 0.25) is 0 Å². The summed E-state index contributed by atoms with van der Waals surface area (Å²) in [6, 6.07) is 10.4. The number of aromatic nitrogens is 1. The van der Waals surface area contributed by atoms with Gasteiger partial charge in [0.05, 0.1) is 4.90 Å². The van der Waals surface area contributed by atoms with E-state index in [4.69, 9.17) is 0 Å². The van der Waals surface area contributed by atoms with Gasteiger partial charge in [0.15, 0.2) is 0 Å². The number of rotatable bonds is 6. The van der Waals surface area contributed by atoms with Crippen molar-refractivity contribution < 1.29 is 8.42 Å². The van der Waals surface area contributed by atoms with E-state index < -0.39 is 10.0 Å². The van der Waals surface area contributed by atoms with Crippen molar-refractivity contribution in [2.24, 2.45) is 0 Å². The third kappa shape index (κ3) is 3.80. The molecule has 1 aromatic heterocycles. The molecule has 0 spiro atoms. The molecule has 0 atom stereocenters. The molecular formula is C15H19N3O2S. The van der Waals surface area contributed by atoms with E-state index in [0.717, 1.165) is 17.8 Å². The molecule has 0 unspecified atom stereocenters.